The van der Waals surface area contributed by atoms with Gasteiger partial charge in [0.05, 0.1) is 5.25 Å². The molecule has 0 saturated carbocycles. The lowest BCUT2D eigenvalue weighted by atomic mass is 10.2. The fourth-order valence-electron chi connectivity index (χ4n) is 1.38. The molecule has 1 aromatic rings. The van der Waals surface area contributed by atoms with Crippen molar-refractivity contribution in [1.82, 2.24) is 10.0 Å². The van der Waals surface area contributed by atoms with Crippen LogP contribution in [0, 0.1) is 0 Å². The molecule has 0 amide bonds. The third kappa shape index (κ3) is 4.85. The van der Waals surface area contributed by atoms with E-state index >= 15 is 0 Å². The van der Waals surface area contributed by atoms with E-state index in [4.69, 9.17) is 0 Å². The van der Waals surface area contributed by atoms with Crippen LogP contribution in [0.2, 0.25) is 0 Å². The second kappa shape index (κ2) is 6.74. The molecule has 17 heavy (non-hydrogen) atoms. The zero-order chi connectivity index (χ0) is 12.7. The molecule has 5 heteroatoms. The van der Waals surface area contributed by atoms with E-state index in [1.165, 1.54) is 0 Å². The van der Waals surface area contributed by atoms with Gasteiger partial charge < -0.3 is 5.32 Å². The van der Waals surface area contributed by atoms with Crippen molar-refractivity contribution in [2.24, 2.45) is 0 Å². The maximum atomic E-state index is 11.9. The van der Waals surface area contributed by atoms with E-state index in [2.05, 4.69) is 10.0 Å². The van der Waals surface area contributed by atoms with Gasteiger partial charge in [-0.25, -0.2) is 13.1 Å². The molecule has 0 spiro atoms. The second-order valence-corrected chi connectivity index (χ2v) is 6.15. The minimum Gasteiger partial charge on any atom is -0.316 e. The van der Waals surface area contributed by atoms with E-state index in [1.807, 2.05) is 37.3 Å². The van der Waals surface area contributed by atoms with Crippen molar-refractivity contribution in [3.63, 3.8) is 0 Å². The number of hydrogen-bond acceptors (Lipinski definition) is 3. The Morgan fingerprint density at radius 2 is 1.88 bits per heavy atom. The van der Waals surface area contributed by atoms with Crippen molar-refractivity contribution in [3.8, 4) is 0 Å². The molecule has 0 radical (unpaired) electrons. The average Bonchev–Trinajstić information content (AvgIpc) is 2.35. The number of sulfonamides is 1. The quantitative estimate of drug-likeness (QED) is 0.768. The number of hydrogen-bond donors (Lipinski definition) is 2. The van der Waals surface area contributed by atoms with E-state index in [0.717, 1.165) is 12.1 Å². The van der Waals surface area contributed by atoms with Gasteiger partial charge in [0.2, 0.25) is 10.0 Å². The third-order valence-electron chi connectivity index (χ3n) is 2.53. The summed E-state index contributed by atoms with van der Waals surface area (Å²) >= 11 is 0. The first-order valence-corrected chi connectivity index (χ1v) is 7.34. The second-order valence-electron chi connectivity index (χ2n) is 3.97. The summed E-state index contributed by atoms with van der Waals surface area (Å²) < 4.78 is 26.3. The lowest BCUT2D eigenvalue weighted by molar-refractivity contribution is 0.560. The molecule has 0 fully saturated rings. The zero-order valence-electron chi connectivity index (χ0n) is 10.3. The molecule has 0 aliphatic rings. The average molecular weight is 256 g/mol. The van der Waals surface area contributed by atoms with Gasteiger partial charge >= 0.3 is 0 Å². The molecule has 0 aliphatic heterocycles. The number of benzene rings is 1. The van der Waals surface area contributed by atoms with Gasteiger partial charge in [-0.1, -0.05) is 37.3 Å². The molecule has 1 rings (SSSR count). The Balaban J connectivity index is 2.50. The van der Waals surface area contributed by atoms with E-state index in [9.17, 15) is 8.42 Å². The first-order valence-electron chi connectivity index (χ1n) is 5.79. The van der Waals surface area contributed by atoms with Crippen molar-refractivity contribution < 1.29 is 8.42 Å². The highest BCUT2D eigenvalue weighted by atomic mass is 32.2. The van der Waals surface area contributed by atoms with Gasteiger partial charge in [-0.2, -0.15) is 0 Å². The molecule has 0 aliphatic carbocycles. The standard InChI is InChI=1S/C12H20N2O2S/c1-3-13-9-11(2)17(15,16)14-10-12-7-5-4-6-8-12/h4-8,11,13-14H,3,9-10H2,1-2H3. The summed E-state index contributed by atoms with van der Waals surface area (Å²) in [6.45, 7) is 5.26. The molecule has 0 saturated heterocycles. The number of nitrogens with one attached hydrogen (secondary N) is 2. The Labute approximate surface area is 103 Å². The van der Waals surface area contributed by atoms with Gasteiger partial charge in [-0.3, -0.25) is 0 Å². The Morgan fingerprint density at radius 1 is 1.24 bits per heavy atom. The highest BCUT2D eigenvalue weighted by molar-refractivity contribution is 7.90. The summed E-state index contributed by atoms with van der Waals surface area (Å²) in [6.07, 6.45) is 0. The van der Waals surface area contributed by atoms with Crippen molar-refractivity contribution >= 4 is 10.0 Å². The molecular formula is C12H20N2O2S. The van der Waals surface area contributed by atoms with Crippen LogP contribution in [0.4, 0.5) is 0 Å². The molecule has 0 aromatic heterocycles. The number of rotatable bonds is 7. The Bertz CT molecular complexity index is 417. The summed E-state index contributed by atoms with van der Waals surface area (Å²) in [6, 6.07) is 9.50. The molecule has 1 atom stereocenters. The minimum atomic E-state index is -3.24. The van der Waals surface area contributed by atoms with Crippen LogP contribution in [0.3, 0.4) is 0 Å². The minimum absolute atomic E-state index is 0.347. The highest BCUT2D eigenvalue weighted by Crippen LogP contribution is 2.02. The maximum Gasteiger partial charge on any atom is 0.215 e. The van der Waals surface area contributed by atoms with Crippen LogP contribution in [-0.2, 0) is 16.6 Å². The van der Waals surface area contributed by atoms with E-state index in [0.29, 0.717) is 13.1 Å². The molecule has 1 unspecified atom stereocenters. The summed E-state index contributed by atoms with van der Waals surface area (Å²) in [5, 5.41) is 2.61. The SMILES string of the molecule is CCNCC(C)S(=O)(=O)NCc1ccccc1. The predicted octanol–water partition coefficient (Wildman–Crippen LogP) is 1.10. The van der Waals surface area contributed by atoms with Gasteiger partial charge in [0.25, 0.3) is 0 Å². The van der Waals surface area contributed by atoms with Gasteiger partial charge in [-0.15, -0.1) is 0 Å². The van der Waals surface area contributed by atoms with E-state index < -0.39 is 15.3 Å². The Morgan fingerprint density at radius 3 is 2.47 bits per heavy atom. The first kappa shape index (κ1) is 14.2. The van der Waals surface area contributed by atoms with Gasteiger partial charge in [-0.05, 0) is 19.0 Å². The zero-order valence-corrected chi connectivity index (χ0v) is 11.1. The summed E-state index contributed by atoms with van der Waals surface area (Å²) in [5.41, 5.74) is 0.965. The van der Waals surface area contributed by atoms with Crippen LogP contribution >= 0.6 is 0 Å². The van der Waals surface area contributed by atoms with Crippen LogP contribution in [0.5, 0.6) is 0 Å². The maximum absolute atomic E-state index is 11.9. The lowest BCUT2D eigenvalue weighted by Crippen LogP contribution is -2.38. The van der Waals surface area contributed by atoms with Crippen LogP contribution < -0.4 is 10.0 Å². The largest absolute Gasteiger partial charge is 0.316 e. The van der Waals surface area contributed by atoms with Crippen LogP contribution in [-0.4, -0.2) is 26.8 Å². The molecule has 96 valence electrons. The fraction of sp³-hybridized carbons (Fsp3) is 0.500. The smallest absolute Gasteiger partial charge is 0.215 e. The predicted molar refractivity (Wildman–Crippen MR) is 70.2 cm³/mol. The Kier molecular flexibility index (Phi) is 5.61. The molecule has 2 N–H and O–H groups in total. The molecule has 0 heterocycles. The van der Waals surface area contributed by atoms with Crippen LogP contribution in [0.1, 0.15) is 19.4 Å². The first-order chi connectivity index (χ1) is 8.06. The molecule has 1 aromatic carbocycles. The van der Waals surface area contributed by atoms with Crippen LogP contribution in [0.25, 0.3) is 0 Å². The van der Waals surface area contributed by atoms with Gasteiger partial charge in [0.1, 0.15) is 0 Å². The van der Waals surface area contributed by atoms with Crippen LogP contribution in [0.15, 0.2) is 30.3 Å². The van der Waals surface area contributed by atoms with Crippen molar-refractivity contribution in [2.75, 3.05) is 13.1 Å². The highest BCUT2D eigenvalue weighted by Gasteiger charge is 2.19. The Hall–Kier alpha value is -0.910. The van der Waals surface area contributed by atoms with E-state index in [1.54, 1.807) is 6.92 Å². The summed E-state index contributed by atoms with van der Waals surface area (Å²) in [7, 11) is -3.24. The normalized spacial score (nSPS) is 13.5. The van der Waals surface area contributed by atoms with Gasteiger partial charge in [0.15, 0.2) is 0 Å². The summed E-state index contributed by atoms with van der Waals surface area (Å²) in [5.74, 6) is 0. The van der Waals surface area contributed by atoms with Crippen molar-refractivity contribution in [2.45, 2.75) is 25.6 Å². The van der Waals surface area contributed by atoms with Crippen molar-refractivity contribution in [3.05, 3.63) is 35.9 Å². The monoisotopic (exact) mass is 256 g/mol. The van der Waals surface area contributed by atoms with E-state index in [-0.39, 0.29) is 0 Å². The molecular weight excluding hydrogens is 236 g/mol. The van der Waals surface area contributed by atoms with Crippen molar-refractivity contribution in [1.29, 1.82) is 0 Å². The summed E-state index contributed by atoms with van der Waals surface area (Å²) in [4.78, 5) is 0. The van der Waals surface area contributed by atoms with Gasteiger partial charge in [0, 0.05) is 13.1 Å². The molecule has 4 nitrogen and oxygen atoms in total. The third-order valence-corrected chi connectivity index (χ3v) is 4.30. The topological polar surface area (TPSA) is 58.2 Å². The lowest BCUT2D eigenvalue weighted by Gasteiger charge is -2.14. The fourth-order valence-corrected chi connectivity index (χ4v) is 2.37. The molecule has 0 bridgehead atoms.